The van der Waals surface area contributed by atoms with Crippen molar-refractivity contribution in [3.05, 3.63) is 0 Å². The Kier molecular flexibility index (Phi) is 4.88. The van der Waals surface area contributed by atoms with Crippen LogP contribution in [0.2, 0.25) is 0 Å². The molecule has 2 unspecified atom stereocenters. The summed E-state index contributed by atoms with van der Waals surface area (Å²) in [6.45, 7) is 6.44. The van der Waals surface area contributed by atoms with Crippen LogP contribution in [0.1, 0.15) is 46.5 Å². The second-order valence-corrected chi connectivity index (χ2v) is 4.75. The van der Waals surface area contributed by atoms with Crippen molar-refractivity contribution in [3.63, 3.8) is 0 Å². The normalized spacial score (nSPS) is 27.9. The van der Waals surface area contributed by atoms with Gasteiger partial charge in [0.2, 0.25) is 5.96 Å². The molecule has 2 atom stereocenters. The second-order valence-electron chi connectivity index (χ2n) is 4.75. The molecule has 0 bridgehead atoms. The number of hydrazine groups is 1. The molecule has 1 aliphatic carbocycles. The molecule has 15 heavy (non-hydrogen) atoms. The van der Waals surface area contributed by atoms with E-state index in [1.165, 1.54) is 25.7 Å². The number of nitrogens with zero attached hydrogens (tertiary/aromatic N) is 1. The largest absolute Gasteiger partial charge is 0.353 e. The number of hydrogen-bond donors (Lipinski definition) is 3. The van der Waals surface area contributed by atoms with Crippen molar-refractivity contribution in [2.75, 3.05) is 0 Å². The van der Waals surface area contributed by atoms with Crippen LogP contribution in [0.3, 0.4) is 0 Å². The number of rotatable bonds is 2. The average Bonchev–Trinajstić information content (AvgIpc) is 2.19. The summed E-state index contributed by atoms with van der Waals surface area (Å²) in [7, 11) is 0. The molecule has 0 saturated heterocycles. The maximum absolute atomic E-state index is 5.44. The minimum Gasteiger partial charge on any atom is -0.353 e. The van der Waals surface area contributed by atoms with Crippen LogP contribution >= 0.6 is 0 Å². The lowest BCUT2D eigenvalue weighted by atomic mass is 9.86. The van der Waals surface area contributed by atoms with E-state index in [1.54, 1.807) is 0 Å². The summed E-state index contributed by atoms with van der Waals surface area (Å²) >= 11 is 0. The molecule has 0 radical (unpaired) electrons. The Bertz CT molecular complexity index is 213. The Labute approximate surface area is 92.7 Å². The van der Waals surface area contributed by atoms with E-state index in [0.717, 1.165) is 5.96 Å². The first-order valence-corrected chi connectivity index (χ1v) is 5.94. The highest BCUT2D eigenvalue weighted by Gasteiger charge is 2.21. The molecule has 88 valence electrons. The molecule has 0 spiro atoms. The van der Waals surface area contributed by atoms with Gasteiger partial charge < -0.3 is 5.32 Å². The Morgan fingerprint density at radius 2 is 2.00 bits per heavy atom. The van der Waals surface area contributed by atoms with Gasteiger partial charge in [0.05, 0.1) is 6.04 Å². The van der Waals surface area contributed by atoms with Gasteiger partial charge in [-0.1, -0.05) is 19.8 Å². The number of nitrogens with two attached hydrogens (primary N) is 1. The third-order valence-electron chi connectivity index (χ3n) is 2.92. The van der Waals surface area contributed by atoms with E-state index < -0.39 is 0 Å². The molecule has 0 aliphatic heterocycles. The third-order valence-corrected chi connectivity index (χ3v) is 2.92. The van der Waals surface area contributed by atoms with E-state index >= 15 is 0 Å². The Morgan fingerprint density at radius 3 is 2.53 bits per heavy atom. The van der Waals surface area contributed by atoms with Crippen LogP contribution in [0.5, 0.6) is 0 Å². The van der Waals surface area contributed by atoms with Gasteiger partial charge in [-0.05, 0) is 32.6 Å². The van der Waals surface area contributed by atoms with Crippen LogP contribution in [-0.2, 0) is 0 Å². The van der Waals surface area contributed by atoms with Crippen molar-refractivity contribution < 1.29 is 0 Å². The SMILES string of the molecule is CC(C)NC(=NC1CCCCC1C)NN. The van der Waals surface area contributed by atoms with Gasteiger partial charge in [-0.2, -0.15) is 0 Å². The average molecular weight is 212 g/mol. The van der Waals surface area contributed by atoms with Crippen LogP contribution in [0.25, 0.3) is 0 Å². The van der Waals surface area contributed by atoms with Crippen LogP contribution in [0, 0.1) is 5.92 Å². The van der Waals surface area contributed by atoms with E-state index in [4.69, 9.17) is 5.84 Å². The fourth-order valence-corrected chi connectivity index (χ4v) is 2.04. The Morgan fingerprint density at radius 1 is 1.33 bits per heavy atom. The van der Waals surface area contributed by atoms with Crippen molar-refractivity contribution in [1.29, 1.82) is 0 Å². The van der Waals surface area contributed by atoms with Crippen LogP contribution < -0.4 is 16.6 Å². The lowest BCUT2D eigenvalue weighted by molar-refractivity contribution is 0.331. The number of hydrogen-bond acceptors (Lipinski definition) is 2. The smallest absolute Gasteiger partial charge is 0.206 e. The van der Waals surface area contributed by atoms with Crippen LogP contribution in [0.15, 0.2) is 4.99 Å². The molecular weight excluding hydrogens is 188 g/mol. The maximum atomic E-state index is 5.44. The molecule has 1 fully saturated rings. The van der Waals surface area contributed by atoms with Crippen molar-refractivity contribution in [2.45, 2.75) is 58.5 Å². The van der Waals surface area contributed by atoms with E-state index in [9.17, 15) is 0 Å². The quantitative estimate of drug-likeness (QED) is 0.280. The first-order chi connectivity index (χ1) is 7.13. The first-order valence-electron chi connectivity index (χ1n) is 5.94. The molecule has 0 amide bonds. The van der Waals surface area contributed by atoms with E-state index in [0.29, 0.717) is 18.0 Å². The summed E-state index contributed by atoms with van der Waals surface area (Å²) in [6.07, 6.45) is 5.11. The molecule has 0 aromatic heterocycles. The highest BCUT2D eigenvalue weighted by atomic mass is 15.3. The van der Waals surface area contributed by atoms with Crippen LogP contribution in [0.4, 0.5) is 0 Å². The Balaban J connectivity index is 2.56. The molecule has 4 N–H and O–H groups in total. The molecule has 4 heteroatoms. The summed E-state index contributed by atoms with van der Waals surface area (Å²) in [4.78, 5) is 4.64. The monoisotopic (exact) mass is 212 g/mol. The minimum atomic E-state index is 0.360. The number of nitrogens with one attached hydrogen (secondary N) is 2. The van der Waals surface area contributed by atoms with Gasteiger partial charge in [-0.15, -0.1) is 0 Å². The van der Waals surface area contributed by atoms with Crippen molar-refractivity contribution in [1.82, 2.24) is 10.7 Å². The number of guanidine groups is 1. The third kappa shape index (κ3) is 4.08. The van der Waals surface area contributed by atoms with Gasteiger partial charge in [-0.3, -0.25) is 5.43 Å². The van der Waals surface area contributed by atoms with E-state index in [1.807, 2.05) is 0 Å². The topological polar surface area (TPSA) is 62.4 Å². The Hall–Kier alpha value is -0.770. The molecule has 1 saturated carbocycles. The highest BCUT2D eigenvalue weighted by Crippen LogP contribution is 2.26. The van der Waals surface area contributed by atoms with E-state index in [2.05, 4.69) is 36.5 Å². The summed E-state index contributed by atoms with van der Waals surface area (Å²) in [5.41, 5.74) is 2.64. The lowest BCUT2D eigenvalue weighted by Crippen LogP contribution is -2.45. The first kappa shape index (κ1) is 12.3. The standard InChI is InChI=1S/C11H24N4/c1-8(2)13-11(15-12)14-10-7-5-4-6-9(10)3/h8-10H,4-7,12H2,1-3H3,(H2,13,14,15). The van der Waals surface area contributed by atoms with Gasteiger partial charge in [0, 0.05) is 6.04 Å². The molecule has 0 aromatic carbocycles. The van der Waals surface area contributed by atoms with Crippen molar-refractivity contribution in [2.24, 2.45) is 16.8 Å². The zero-order valence-corrected chi connectivity index (χ0v) is 10.1. The van der Waals surface area contributed by atoms with Crippen LogP contribution in [-0.4, -0.2) is 18.0 Å². The molecule has 0 heterocycles. The molecule has 0 aromatic rings. The minimum absolute atomic E-state index is 0.360. The van der Waals surface area contributed by atoms with Gasteiger partial charge >= 0.3 is 0 Å². The summed E-state index contributed by atoms with van der Waals surface area (Å²) in [5.74, 6) is 6.84. The second kappa shape index (κ2) is 5.95. The zero-order valence-electron chi connectivity index (χ0n) is 10.1. The van der Waals surface area contributed by atoms with Gasteiger partial charge in [0.15, 0.2) is 0 Å². The van der Waals surface area contributed by atoms with Crippen molar-refractivity contribution >= 4 is 5.96 Å². The number of aliphatic imine (C=N–C) groups is 1. The van der Waals surface area contributed by atoms with Gasteiger partial charge in [0.25, 0.3) is 0 Å². The highest BCUT2D eigenvalue weighted by molar-refractivity contribution is 5.79. The molecule has 1 rings (SSSR count). The molecular formula is C11H24N4. The lowest BCUT2D eigenvalue weighted by Gasteiger charge is -2.26. The predicted molar refractivity (Wildman–Crippen MR) is 64.4 cm³/mol. The summed E-state index contributed by atoms with van der Waals surface area (Å²) < 4.78 is 0. The summed E-state index contributed by atoms with van der Waals surface area (Å²) in [5, 5.41) is 3.21. The van der Waals surface area contributed by atoms with Gasteiger partial charge in [-0.25, -0.2) is 10.8 Å². The zero-order chi connectivity index (χ0) is 11.3. The fourth-order valence-electron chi connectivity index (χ4n) is 2.04. The maximum Gasteiger partial charge on any atom is 0.206 e. The van der Waals surface area contributed by atoms with Crippen molar-refractivity contribution in [3.8, 4) is 0 Å². The van der Waals surface area contributed by atoms with Gasteiger partial charge in [0.1, 0.15) is 0 Å². The molecule has 4 nitrogen and oxygen atoms in total. The predicted octanol–water partition coefficient (Wildman–Crippen LogP) is 1.38. The summed E-state index contributed by atoms with van der Waals surface area (Å²) in [6, 6.07) is 0.787. The fraction of sp³-hybridized carbons (Fsp3) is 0.909. The molecule has 1 aliphatic rings. The van der Waals surface area contributed by atoms with E-state index in [-0.39, 0.29) is 0 Å².